The maximum Gasteiger partial charge on any atom is 0.298 e. The molecule has 0 bridgehead atoms. The van der Waals surface area contributed by atoms with Crippen LogP contribution in [0.25, 0.3) is 0 Å². The van der Waals surface area contributed by atoms with E-state index in [1.54, 1.807) is 37.4 Å². The normalized spacial score (nSPS) is 13.3. The third kappa shape index (κ3) is 5.70. The Morgan fingerprint density at radius 1 is 0.921 bits per heavy atom. The number of carbonyl (C=O) groups excluding carboxylic acids is 1. The largest absolute Gasteiger partial charge is 0.495 e. The van der Waals surface area contributed by atoms with Gasteiger partial charge in [0.15, 0.2) is 17.3 Å². The molecular weight excluding hydrogens is 507 g/mol. The minimum atomic E-state index is -0.284. The fourth-order valence-corrected chi connectivity index (χ4v) is 4.90. The predicted octanol–water partition coefficient (Wildman–Crippen LogP) is 5.04. The van der Waals surface area contributed by atoms with Crippen LogP contribution in [0, 0.1) is 5.82 Å². The van der Waals surface area contributed by atoms with E-state index in [0.29, 0.717) is 60.7 Å². The van der Waals surface area contributed by atoms with Gasteiger partial charge in [0.05, 0.1) is 19.9 Å². The van der Waals surface area contributed by atoms with Gasteiger partial charge in [-0.15, -0.1) is 0 Å². The number of nitrogens with zero attached hydrogens (tertiary/aromatic N) is 4. The maximum atomic E-state index is 13.2. The van der Waals surface area contributed by atoms with Gasteiger partial charge < -0.3 is 24.0 Å². The molecule has 1 aliphatic rings. The third-order valence-corrected chi connectivity index (χ3v) is 6.96. The molecule has 1 saturated heterocycles. The molecule has 2 heterocycles. The van der Waals surface area contributed by atoms with Gasteiger partial charge in [-0.25, -0.2) is 4.39 Å². The zero-order valence-electron chi connectivity index (χ0n) is 21.1. The van der Waals surface area contributed by atoms with Gasteiger partial charge in [0, 0.05) is 49.7 Å². The molecule has 0 spiro atoms. The lowest BCUT2D eigenvalue weighted by molar-refractivity contribution is 0.0746. The highest BCUT2D eigenvalue weighted by Crippen LogP contribution is 2.34. The summed E-state index contributed by atoms with van der Waals surface area (Å²) in [4.78, 5) is 21.7. The van der Waals surface area contributed by atoms with Crippen LogP contribution in [0.2, 0.25) is 0 Å². The van der Waals surface area contributed by atoms with E-state index in [1.165, 1.54) is 19.2 Å². The third-order valence-electron chi connectivity index (χ3n) is 6.33. The monoisotopic (exact) mass is 534 g/mol. The van der Waals surface area contributed by atoms with Gasteiger partial charge in [0.2, 0.25) is 0 Å². The molecule has 5 rings (SSSR count). The number of benzene rings is 3. The van der Waals surface area contributed by atoms with Crippen LogP contribution in [-0.4, -0.2) is 60.6 Å². The number of ether oxygens (including phenoxy) is 3. The molecule has 0 unspecified atom stereocenters. The molecule has 1 aliphatic heterocycles. The lowest BCUT2D eigenvalue weighted by Crippen LogP contribution is -2.48. The highest BCUT2D eigenvalue weighted by molar-refractivity contribution is 7.07. The first-order valence-corrected chi connectivity index (χ1v) is 12.9. The van der Waals surface area contributed by atoms with E-state index in [9.17, 15) is 9.18 Å². The Kier molecular flexibility index (Phi) is 7.69. The molecular formula is C28H27FN4O4S. The zero-order chi connectivity index (χ0) is 26.5. The Hall–Kier alpha value is -4.18. The van der Waals surface area contributed by atoms with E-state index < -0.39 is 0 Å². The summed E-state index contributed by atoms with van der Waals surface area (Å²) in [6.45, 7) is 2.61. The highest BCUT2D eigenvalue weighted by Gasteiger charge is 2.24. The molecule has 3 aromatic carbocycles. The van der Waals surface area contributed by atoms with Crippen molar-refractivity contribution in [3.05, 3.63) is 89.5 Å². The topological polar surface area (TPSA) is 77.0 Å². The standard InChI is InChI=1S/C28H27FN4O4S/c1-35-23-6-4-3-5-22(23)32-13-15-33(16-14-32)27(34)20-9-12-24(25(18-20)36-2)37-28-30-26(31-38-28)17-19-7-10-21(29)11-8-19/h3-12,18H,13-17H2,1-2H3. The molecule has 10 heteroatoms. The first-order chi connectivity index (χ1) is 18.5. The first kappa shape index (κ1) is 25.5. The summed E-state index contributed by atoms with van der Waals surface area (Å²) >= 11 is 1.12. The fraction of sp³-hybridized carbons (Fsp3) is 0.250. The van der Waals surface area contributed by atoms with Crippen molar-refractivity contribution in [2.45, 2.75) is 6.42 Å². The average Bonchev–Trinajstić information content (AvgIpc) is 3.40. The number of piperazine rings is 1. The number of hydrogen-bond donors (Lipinski definition) is 0. The van der Waals surface area contributed by atoms with Crippen molar-refractivity contribution in [3.63, 3.8) is 0 Å². The fourth-order valence-electron chi connectivity index (χ4n) is 4.34. The minimum Gasteiger partial charge on any atom is -0.495 e. The lowest BCUT2D eigenvalue weighted by Gasteiger charge is -2.36. The van der Waals surface area contributed by atoms with E-state index in [1.807, 2.05) is 29.2 Å². The second-order valence-corrected chi connectivity index (χ2v) is 9.41. The van der Waals surface area contributed by atoms with Crippen molar-refractivity contribution >= 4 is 23.1 Å². The summed E-state index contributed by atoms with van der Waals surface area (Å²) in [5.74, 6) is 1.92. The quantitative estimate of drug-likeness (QED) is 0.313. The highest BCUT2D eigenvalue weighted by atomic mass is 32.1. The summed E-state index contributed by atoms with van der Waals surface area (Å²) in [6.07, 6.45) is 0.467. The minimum absolute atomic E-state index is 0.0629. The number of para-hydroxylation sites is 2. The van der Waals surface area contributed by atoms with Crippen LogP contribution >= 0.6 is 11.5 Å². The van der Waals surface area contributed by atoms with Crippen LogP contribution in [0.4, 0.5) is 10.1 Å². The predicted molar refractivity (Wildman–Crippen MR) is 143 cm³/mol. The van der Waals surface area contributed by atoms with Crippen LogP contribution < -0.4 is 19.1 Å². The Morgan fingerprint density at radius 3 is 2.39 bits per heavy atom. The van der Waals surface area contributed by atoms with E-state index in [-0.39, 0.29) is 11.7 Å². The number of methoxy groups -OCH3 is 2. The van der Waals surface area contributed by atoms with Gasteiger partial charge in [-0.05, 0) is 48.0 Å². The molecule has 38 heavy (non-hydrogen) atoms. The van der Waals surface area contributed by atoms with Gasteiger partial charge in [-0.3, -0.25) is 4.79 Å². The molecule has 1 aromatic heterocycles. The van der Waals surface area contributed by atoms with Crippen LogP contribution in [0.5, 0.6) is 22.4 Å². The maximum absolute atomic E-state index is 13.2. The van der Waals surface area contributed by atoms with Crippen LogP contribution in [0.1, 0.15) is 21.7 Å². The number of anilines is 1. The molecule has 196 valence electrons. The average molecular weight is 535 g/mol. The summed E-state index contributed by atoms with van der Waals surface area (Å²) < 4.78 is 34.4. The molecule has 0 aliphatic carbocycles. The van der Waals surface area contributed by atoms with Crippen molar-refractivity contribution in [1.29, 1.82) is 0 Å². The molecule has 0 saturated carbocycles. The van der Waals surface area contributed by atoms with Crippen molar-refractivity contribution in [2.75, 3.05) is 45.3 Å². The Morgan fingerprint density at radius 2 is 1.66 bits per heavy atom. The van der Waals surface area contributed by atoms with E-state index in [0.717, 1.165) is 28.5 Å². The van der Waals surface area contributed by atoms with Crippen molar-refractivity contribution in [1.82, 2.24) is 14.3 Å². The van der Waals surface area contributed by atoms with Gasteiger partial charge >= 0.3 is 0 Å². The second-order valence-electron chi connectivity index (χ2n) is 8.70. The number of hydrogen-bond acceptors (Lipinski definition) is 8. The number of rotatable bonds is 8. The molecule has 4 aromatic rings. The second kappa shape index (κ2) is 11.5. The molecule has 1 fully saturated rings. The first-order valence-electron chi connectivity index (χ1n) is 12.1. The number of aromatic nitrogens is 2. The van der Waals surface area contributed by atoms with Gasteiger partial charge in [0.25, 0.3) is 11.1 Å². The summed E-state index contributed by atoms with van der Waals surface area (Å²) in [5.41, 5.74) is 2.46. The molecule has 8 nitrogen and oxygen atoms in total. The molecule has 0 N–H and O–H groups in total. The lowest BCUT2D eigenvalue weighted by atomic mass is 10.1. The molecule has 1 amide bonds. The Balaban J connectivity index is 1.22. The number of carbonyl (C=O) groups is 1. The van der Waals surface area contributed by atoms with Crippen molar-refractivity contribution in [3.8, 4) is 22.4 Å². The number of amides is 1. The van der Waals surface area contributed by atoms with Crippen molar-refractivity contribution < 1.29 is 23.4 Å². The smallest absolute Gasteiger partial charge is 0.298 e. The van der Waals surface area contributed by atoms with Gasteiger partial charge in [0.1, 0.15) is 11.6 Å². The molecule has 0 atom stereocenters. The Bertz CT molecular complexity index is 1400. The SMILES string of the molecule is COc1cc(C(=O)N2CCN(c3ccccc3OC)CC2)ccc1Oc1nc(Cc2ccc(F)cc2)ns1. The van der Waals surface area contributed by atoms with E-state index in [4.69, 9.17) is 14.2 Å². The van der Waals surface area contributed by atoms with Crippen LogP contribution in [0.3, 0.4) is 0 Å². The van der Waals surface area contributed by atoms with Crippen molar-refractivity contribution in [2.24, 2.45) is 0 Å². The van der Waals surface area contributed by atoms with Gasteiger partial charge in [-0.2, -0.15) is 9.36 Å². The summed E-state index contributed by atoms with van der Waals surface area (Å²) in [7, 11) is 3.19. The Labute approximate surface area is 224 Å². The van der Waals surface area contributed by atoms with E-state index in [2.05, 4.69) is 14.3 Å². The summed E-state index contributed by atoms with van der Waals surface area (Å²) in [6, 6.07) is 19.2. The van der Waals surface area contributed by atoms with Crippen LogP contribution in [0.15, 0.2) is 66.7 Å². The summed E-state index contributed by atoms with van der Waals surface area (Å²) in [5, 5.41) is 0.354. The van der Waals surface area contributed by atoms with Crippen LogP contribution in [-0.2, 0) is 6.42 Å². The molecule has 0 radical (unpaired) electrons. The van der Waals surface area contributed by atoms with Gasteiger partial charge in [-0.1, -0.05) is 24.3 Å². The van der Waals surface area contributed by atoms with E-state index >= 15 is 0 Å². The number of halogens is 1. The zero-order valence-corrected chi connectivity index (χ0v) is 21.9.